The van der Waals surface area contributed by atoms with Crippen LogP contribution >= 0.6 is 0 Å². The Labute approximate surface area is 126 Å². The lowest BCUT2D eigenvalue weighted by Gasteiger charge is -2.09. The second-order valence-corrected chi connectivity index (χ2v) is 4.45. The van der Waals surface area contributed by atoms with Crippen LogP contribution < -0.4 is 16.0 Å². The van der Waals surface area contributed by atoms with Gasteiger partial charge in [0, 0.05) is 25.7 Å². The molecule has 3 N–H and O–H groups in total. The summed E-state index contributed by atoms with van der Waals surface area (Å²) in [6.07, 6.45) is 6.04. The van der Waals surface area contributed by atoms with Crippen LogP contribution in [0.1, 0.15) is 19.4 Å². The highest BCUT2D eigenvalue weighted by molar-refractivity contribution is 5.88. The van der Waals surface area contributed by atoms with Crippen LogP contribution in [0.15, 0.2) is 29.3 Å². The number of hydrogen-bond acceptors (Lipinski definition) is 2. The highest BCUT2D eigenvalue weighted by Gasteiger charge is 1.98. The molecule has 5 nitrogen and oxygen atoms in total. The summed E-state index contributed by atoms with van der Waals surface area (Å²) >= 11 is 0. The highest BCUT2D eigenvalue weighted by atomic mass is 16.1. The number of terminal acetylenes is 1. The molecule has 0 saturated heterocycles. The Morgan fingerprint density at radius 3 is 2.57 bits per heavy atom. The van der Waals surface area contributed by atoms with E-state index < -0.39 is 0 Å². The standard InChI is InChI=1S/C16H22N4O/c1-4-11-18-16(17-5-2)19-12-10-14-6-8-15(9-7-14)20-13(3)21/h1,6-9H,5,10-12H2,2-3H3,(H,20,21)(H2,17,18,19). The highest BCUT2D eigenvalue weighted by Crippen LogP contribution is 2.09. The number of guanidine groups is 1. The molecular formula is C16H22N4O. The van der Waals surface area contributed by atoms with Crippen LogP contribution in [0.4, 0.5) is 5.69 Å². The van der Waals surface area contributed by atoms with E-state index in [-0.39, 0.29) is 5.91 Å². The van der Waals surface area contributed by atoms with E-state index in [4.69, 9.17) is 6.42 Å². The molecule has 0 fully saturated rings. The summed E-state index contributed by atoms with van der Waals surface area (Å²) in [5.41, 5.74) is 1.97. The van der Waals surface area contributed by atoms with Gasteiger partial charge in [-0.2, -0.15) is 0 Å². The molecular weight excluding hydrogens is 264 g/mol. The summed E-state index contributed by atoms with van der Waals surface area (Å²) in [6, 6.07) is 7.76. The van der Waals surface area contributed by atoms with Gasteiger partial charge in [0.25, 0.3) is 0 Å². The molecule has 0 aromatic heterocycles. The fraction of sp³-hybridized carbons (Fsp3) is 0.375. The number of hydrogen-bond donors (Lipinski definition) is 3. The minimum Gasteiger partial charge on any atom is -0.357 e. The number of carbonyl (C=O) groups is 1. The number of rotatable bonds is 6. The molecule has 0 saturated carbocycles. The lowest BCUT2D eigenvalue weighted by Crippen LogP contribution is -2.37. The van der Waals surface area contributed by atoms with Crippen LogP contribution in [0.5, 0.6) is 0 Å². The van der Waals surface area contributed by atoms with E-state index in [0.29, 0.717) is 13.1 Å². The van der Waals surface area contributed by atoms with Gasteiger partial charge < -0.3 is 16.0 Å². The molecule has 0 aliphatic carbocycles. The smallest absolute Gasteiger partial charge is 0.221 e. The van der Waals surface area contributed by atoms with Crippen molar-refractivity contribution in [1.29, 1.82) is 0 Å². The third-order valence-corrected chi connectivity index (χ3v) is 2.65. The average molecular weight is 286 g/mol. The summed E-state index contributed by atoms with van der Waals surface area (Å²) in [5, 5.41) is 8.91. The first kappa shape index (κ1) is 16.6. The van der Waals surface area contributed by atoms with Crippen LogP contribution in [0, 0.1) is 12.3 Å². The zero-order valence-corrected chi connectivity index (χ0v) is 12.6. The number of benzene rings is 1. The normalized spacial score (nSPS) is 10.6. The second-order valence-electron chi connectivity index (χ2n) is 4.45. The topological polar surface area (TPSA) is 65.5 Å². The van der Waals surface area contributed by atoms with Crippen LogP contribution in [-0.4, -0.2) is 31.5 Å². The Hall–Kier alpha value is -2.48. The van der Waals surface area contributed by atoms with Crippen molar-refractivity contribution in [3.8, 4) is 12.3 Å². The fourth-order valence-electron chi connectivity index (χ4n) is 1.73. The van der Waals surface area contributed by atoms with E-state index in [9.17, 15) is 4.79 Å². The third-order valence-electron chi connectivity index (χ3n) is 2.65. The van der Waals surface area contributed by atoms with Crippen molar-refractivity contribution in [1.82, 2.24) is 10.6 Å². The molecule has 5 heteroatoms. The van der Waals surface area contributed by atoms with E-state index in [1.165, 1.54) is 12.5 Å². The zero-order valence-electron chi connectivity index (χ0n) is 12.6. The lowest BCUT2D eigenvalue weighted by molar-refractivity contribution is -0.114. The number of nitrogens with one attached hydrogen (secondary N) is 3. The van der Waals surface area contributed by atoms with Gasteiger partial charge in [-0.05, 0) is 31.0 Å². The van der Waals surface area contributed by atoms with Gasteiger partial charge in [0.05, 0.1) is 6.54 Å². The summed E-state index contributed by atoms with van der Waals surface area (Å²) in [6.45, 7) is 5.42. The maximum absolute atomic E-state index is 10.9. The minimum atomic E-state index is -0.0674. The van der Waals surface area contributed by atoms with Crippen molar-refractivity contribution in [2.45, 2.75) is 20.3 Å². The monoisotopic (exact) mass is 286 g/mol. The molecule has 0 atom stereocenters. The van der Waals surface area contributed by atoms with Crippen molar-refractivity contribution in [2.75, 3.05) is 25.0 Å². The Balaban J connectivity index is 2.49. The molecule has 0 radical (unpaired) electrons. The van der Waals surface area contributed by atoms with Gasteiger partial charge in [-0.3, -0.25) is 9.79 Å². The van der Waals surface area contributed by atoms with Crippen molar-refractivity contribution in [3.05, 3.63) is 29.8 Å². The summed E-state index contributed by atoms with van der Waals surface area (Å²) in [7, 11) is 0. The Morgan fingerprint density at radius 1 is 1.29 bits per heavy atom. The average Bonchev–Trinajstić information content (AvgIpc) is 2.46. The van der Waals surface area contributed by atoms with Crippen LogP contribution in [0.25, 0.3) is 0 Å². The lowest BCUT2D eigenvalue weighted by atomic mass is 10.1. The third kappa shape index (κ3) is 7.02. The molecule has 0 spiro atoms. The van der Waals surface area contributed by atoms with Gasteiger partial charge in [0.2, 0.25) is 5.91 Å². The molecule has 1 amide bonds. The van der Waals surface area contributed by atoms with Crippen LogP contribution in [-0.2, 0) is 11.2 Å². The van der Waals surface area contributed by atoms with Gasteiger partial charge in [-0.25, -0.2) is 0 Å². The number of aliphatic imine (C=N–C) groups is 1. The van der Waals surface area contributed by atoms with Gasteiger partial charge in [0.15, 0.2) is 5.96 Å². The summed E-state index contributed by atoms with van der Waals surface area (Å²) in [5.74, 6) is 3.18. The first-order valence-corrected chi connectivity index (χ1v) is 6.98. The number of anilines is 1. The van der Waals surface area contributed by atoms with Crippen LogP contribution in [0.2, 0.25) is 0 Å². The molecule has 1 aromatic carbocycles. The first-order valence-electron chi connectivity index (χ1n) is 6.98. The number of amides is 1. The maximum atomic E-state index is 10.9. The predicted octanol–water partition coefficient (Wildman–Crippen LogP) is 1.38. The fourth-order valence-corrected chi connectivity index (χ4v) is 1.73. The summed E-state index contributed by atoms with van der Waals surface area (Å²) < 4.78 is 0. The van der Waals surface area contributed by atoms with E-state index in [1.54, 1.807) is 0 Å². The molecule has 112 valence electrons. The zero-order chi connectivity index (χ0) is 15.5. The van der Waals surface area contributed by atoms with E-state index in [0.717, 1.165) is 24.6 Å². The molecule has 0 aliphatic rings. The summed E-state index contributed by atoms with van der Waals surface area (Å²) in [4.78, 5) is 15.4. The predicted molar refractivity (Wildman–Crippen MR) is 87.3 cm³/mol. The van der Waals surface area contributed by atoms with E-state index >= 15 is 0 Å². The van der Waals surface area contributed by atoms with Crippen molar-refractivity contribution in [3.63, 3.8) is 0 Å². The van der Waals surface area contributed by atoms with Gasteiger partial charge in [-0.15, -0.1) is 6.42 Å². The van der Waals surface area contributed by atoms with E-state index in [2.05, 4.69) is 26.9 Å². The molecule has 0 bridgehead atoms. The largest absolute Gasteiger partial charge is 0.357 e. The van der Waals surface area contributed by atoms with Crippen LogP contribution in [0.3, 0.4) is 0 Å². The van der Waals surface area contributed by atoms with Gasteiger partial charge in [0.1, 0.15) is 0 Å². The molecule has 0 aliphatic heterocycles. The SMILES string of the molecule is C#CCNC(=NCCc1ccc(NC(C)=O)cc1)NCC. The van der Waals surface area contributed by atoms with Gasteiger partial charge in [-0.1, -0.05) is 18.1 Å². The Bertz CT molecular complexity index is 514. The number of carbonyl (C=O) groups excluding carboxylic acids is 1. The number of nitrogens with zero attached hydrogens (tertiary/aromatic N) is 1. The molecule has 21 heavy (non-hydrogen) atoms. The van der Waals surface area contributed by atoms with Crippen molar-refractivity contribution < 1.29 is 4.79 Å². The molecule has 1 aromatic rings. The quantitative estimate of drug-likeness (QED) is 0.420. The Kier molecular flexibility index (Phi) is 7.44. The maximum Gasteiger partial charge on any atom is 0.221 e. The van der Waals surface area contributed by atoms with Crippen molar-refractivity contribution >= 4 is 17.6 Å². The molecule has 0 heterocycles. The molecule has 1 rings (SSSR count). The van der Waals surface area contributed by atoms with Crippen molar-refractivity contribution in [2.24, 2.45) is 4.99 Å². The Morgan fingerprint density at radius 2 is 2.00 bits per heavy atom. The first-order chi connectivity index (χ1) is 10.2. The van der Waals surface area contributed by atoms with E-state index in [1.807, 2.05) is 31.2 Å². The minimum absolute atomic E-state index is 0.0674. The molecule has 0 unspecified atom stereocenters. The van der Waals surface area contributed by atoms with Gasteiger partial charge >= 0.3 is 0 Å². The second kappa shape index (κ2) is 9.43.